The number of alkyl halides is 3. The highest BCUT2D eigenvalue weighted by Gasteiger charge is 2.32. The number of hydrogen-bond acceptors (Lipinski definition) is 4. The zero-order valence-corrected chi connectivity index (χ0v) is 13.9. The van der Waals surface area contributed by atoms with E-state index in [0.717, 1.165) is 38.1 Å². The Kier molecular flexibility index (Phi) is 6.24. The van der Waals surface area contributed by atoms with Gasteiger partial charge in [0.2, 0.25) is 11.8 Å². The van der Waals surface area contributed by atoms with Crippen molar-refractivity contribution in [3.8, 4) is 0 Å². The van der Waals surface area contributed by atoms with Crippen LogP contribution in [0.1, 0.15) is 18.4 Å². The number of likely N-dealkylation sites (N-methyl/N-ethyl adjacent to an activating group) is 1. The van der Waals surface area contributed by atoms with Crippen LogP contribution >= 0.6 is 0 Å². The first-order valence-corrected chi connectivity index (χ1v) is 7.98. The summed E-state index contributed by atoms with van der Waals surface area (Å²) in [5, 5.41) is 7.54. The van der Waals surface area contributed by atoms with Gasteiger partial charge >= 0.3 is 6.18 Å². The lowest BCUT2D eigenvalue weighted by molar-refractivity contribution is -0.137. The Morgan fingerprint density at radius 2 is 1.76 bits per heavy atom. The predicted octanol–water partition coefficient (Wildman–Crippen LogP) is 1.58. The van der Waals surface area contributed by atoms with E-state index in [1.165, 1.54) is 13.1 Å². The summed E-state index contributed by atoms with van der Waals surface area (Å²) in [6, 6.07) is 3.36. The van der Waals surface area contributed by atoms with Crippen LogP contribution < -0.4 is 20.9 Å². The molecule has 0 atom stereocenters. The number of carbonyl (C=O) groups is 2. The van der Waals surface area contributed by atoms with Crippen molar-refractivity contribution >= 4 is 23.2 Å². The van der Waals surface area contributed by atoms with E-state index in [-0.39, 0.29) is 24.7 Å². The molecule has 9 heteroatoms. The zero-order valence-electron chi connectivity index (χ0n) is 13.9. The minimum absolute atomic E-state index is 0.0501. The van der Waals surface area contributed by atoms with Crippen molar-refractivity contribution in [3.05, 3.63) is 23.8 Å². The first-order valence-electron chi connectivity index (χ1n) is 7.98. The highest BCUT2D eigenvalue weighted by Crippen LogP contribution is 2.36. The second-order valence-corrected chi connectivity index (χ2v) is 5.75. The predicted molar refractivity (Wildman–Crippen MR) is 88.5 cm³/mol. The van der Waals surface area contributed by atoms with Crippen LogP contribution in [0.4, 0.5) is 24.5 Å². The smallest absolute Gasteiger partial charge is 0.370 e. The van der Waals surface area contributed by atoms with Crippen LogP contribution in [0, 0.1) is 0 Å². The quantitative estimate of drug-likeness (QED) is 0.722. The van der Waals surface area contributed by atoms with Crippen LogP contribution in [0.2, 0.25) is 0 Å². The van der Waals surface area contributed by atoms with Gasteiger partial charge in [0.15, 0.2) is 0 Å². The molecule has 0 radical (unpaired) electrons. The average Bonchev–Trinajstić information content (AvgIpc) is 3.08. The van der Waals surface area contributed by atoms with Crippen molar-refractivity contribution in [2.45, 2.75) is 19.0 Å². The molecule has 0 saturated carbocycles. The standard InChI is InChI=1S/C16H21F3N4O2/c1-20-14(24)9-21-10-15(25)22-12-8-11(16(17,18)19)4-5-13(12)23-6-2-3-7-23/h4-5,8,21H,2-3,6-7,9-10H2,1H3,(H,20,24)(H,22,25). The number of nitrogens with one attached hydrogen (secondary N) is 3. The SMILES string of the molecule is CNC(=O)CNCC(=O)Nc1cc(C(F)(F)F)ccc1N1CCCC1. The fourth-order valence-electron chi connectivity index (χ4n) is 2.62. The summed E-state index contributed by atoms with van der Waals surface area (Å²) in [6.45, 7) is 1.25. The summed E-state index contributed by atoms with van der Waals surface area (Å²) in [4.78, 5) is 25.1. The van der Waals surface area contributed by atoms with E-state index in [1.807, 2.05) is 4.90 Å². The Bertz CT molecular complexity index is 628. The first-order chi connectivity index (χ1) is 11.8. The highest BCUT2D eigenvalue weighted by atomic mass is 19.4. The number of anilines is 2. The number of rotatable bonds is 6. The van der Waals surface area contributed by atoms with Gasteiger partial charge in [0.05, 0.1) is 30.0 Å². The molecule has 0 bridgehead atoms. The number of hydrogen-bond donors (Lipinski definition) is 3. The van der Waals surface area contributed by atoms with E-state index in [4.69, 9.17) is 0 Å². The molecule has 0 aromatic heterocycles. The second kappa shape index (κ2) is 8.19. The normalized spacial score (nSPS) is 14.5. The molecule has 25 heavy (non-hydrogen) atoms. The molecule has 0 aliphatic carbocycles. The van der Waals surface area contributed by atoms with Gasteiger partial charge in [-0.25, -0.2) is 0 Å². The van der Waals surface area contributed by atoms with Crippen LogP contribution in [-0.4, -0.2) is 45.0 Å². The minimum Gasteiger partial charge on any atom is -0.370 e. The van der Waals surface area contributed by atoms with Gasteiger partial charge < -0.3 is 15.5 Å². The Morgan fingerprint density at radius 3 is 2.36 bits per heavy atom. The lowest BCUT2D eigenvalue weighted by Gasteiger charge is -2.23. The van der Waals surface area contributed by atoms with E-state index < -0.39 is 17.6 Å². The molecule has 3 N–H and O–H groups in total. The molecule has 0 unspecified atom stereocenters. The van der Waals surface area contributed by atoms with Crippen LogP contribution in [0.5, 0.6) is 0 Å². The third-order valence-electron chi connectivity index (χ3n) is 3.89. The molecule has 1 aliphatic rings. The summed E-state index contributed by atoms with van der Waals surface area (Å²) >= 11 is 0. The summed E-state index contributed by atoms with van der Waals surface area (Å²) < 4.78 is 38.9. The van der Waals surface area contributed by atoms with Crippen molar-refractivity contribution < 1.29 is 22.8 Å². The second-order valence-electron chi connectivity index (χ2n) is 5.75. The Hall–Kier alpha value is -2.29. The molecule has 1 heterocycles. The molecule has 2 rings (SSSR count). The lowest BCUT2D eigenvalue weighted by Crippen LogP contribution is -2.36. The molecule has 1 aromatic rings. The highest BCUT2D eigenvalue weighted by molar-refractivity contribution is 5.96. The van der Waals surface area contributed by atoms with E-state index >= 15 is 0 Å². The molecule has 1 saturated heterocycles. The molecule has 1 aromatic carbocycles. The zero-order chi connectivity index (χ0) is 18.4. The number of nitrogens with zero attached hydrogens (tertiary/aromatic N) is 1. The third kappa shape index (κ3) is 5.35. The molecular weight excluding hydrogens is 337 g/mol. The maximum atomic E-state index is 13.0. The van der Waals surface area contributed by atoms with Gasteiger partial charge in [0.1, 0.15) is 0 Å². The van der Waals surface area contributed by atoms with Crippen molar-refractivity contribution in [1.82, 2.24) is 10.6 Å². The van der Waals surface area contributed by atoms with Gasteiger partial charge in [-0.2, -0.15) is 13.2 Å². The van der Waals surface area contributed by atoms with E-state index in [1.54, 1.807) is 0 Å². The molecular formula is C16H21F3N4O2. The summed E-state index contributed by atoms with van der Waals surface area (Å²) in [7, 11) is 1.47. The number of benzene rings is 1. The van der Waals surface area contributed by atoms with E-state index in [0.29, 0.717) is 5.69 Å². The summed E-state index contributed by atoms with van der Waals surface area (Å²) in [5.74, 6) is -0.798. The fourth-order valence-corrected chi connectivity index (χ4v) is 2.62. The number of carbonyl (C=O) groups excluding carboxylic acids is 2. The van der Waals surface area contributed by atoms with E-state index in [9.17, 15) is 22.8 Å². The maximum absolute atomic E-state index is 13.0. The minimum atomic E-state index is -4.49. The molecule has 0 spiro atoms. The number of amides is 2. The Labute approximate surface area is 143 Å². The molecule has 6 nitrogen and oxygen atoms in total. The molecule has 1 aliphatic heterocycles. The van der Waals surface area contributed by atoms with Crippen molar-refractivity contribution in [3.63, 3.8) is 0 Å². The largest absolute Gasteiger partial charge is 0.416 e. The van der Waals surface area contributed by atoms with Crippen molar-refractivity contribution in [2.75, 3.05) is 43.4 Å². The van der Waals surface area contributed by atoms with Gasteiger partial charge in [-0.1, -0.05) is 0 Å². The summed E-state index contributed by atoms with van der Waals surface area (Å²) in [5.41, 5.74) is -0.113. The van der Waals surface area contributed by atoms with Gasteiger partial charge in [-0.05, 0) is 31.0 Å². The van der Waals surface area contributed by atoms with Gasteiger partial charge in [0.25, 0.3) is 0 Å². The van der Waals surface area contributed by atoms with Gasteiger partial charge in [0, 0.05) is 20.1 Å². The molecule has 138 valence electrons. The molecule has 2 amide bonds. The summed E-state index contributed by atoms with van der Waals surface area (Å²) in [6.07, 6.45) is -2.56. The average molecular weight is 358 g/mol. The Morgan fingerprint density at radius 1 is 1.12 bits per heavy atom. The van der Waals surface area contributed by atoms with Crippen molar-refractivity contribution in [2.24, 2.45) is 0 Å². The number of halogens is 3. The maximum Gasteiger partial charge on any atom is 0.416 e. The lowest BCUT2D eigenvalue weighted by atomic mass is 10.1. The van der Waals surface area contributed by atoms with Gasteiger partial charge in [-0.3, -0.25) is 14.9 Å². The topological polar surface area (TPSA) is 73.5 Å². The van der Waals surface area contributed by atoms with Crippen LogP contribution in [-0.2, 0) is 15.8 Å². The van der Waals surface area contributed by atoms with E-state index in [2.05, 4.69) is 16.0 Å². The monoisotopic (exact) mass is 358 g/mol. The van der Waals surface area contributed by atoms with Crippen LogP contribution in [0.25, 0.3) is 0 Å². The van der Waals surface area contributed by atoms with Crippen LogP contribution in [0.3, 0.4) is 0 Å². The van der Waals surface area contributed by atoms with Crippen molar-refractivity contribution in [1.29, 1.82) is 0 Å². The molecule has 1 fully saturated rings. The third-order valence-corrected chi connectivity index (χ3v) is 3.89. The Balaban J connectivity index is 2.12. The first kappa shape index (κ1) is 19.0. The fraction of sp³-hybridized carbons (Fsp3) is 0.500. The van der Waals surface area contributed by atoms with Crippen LogP contribution in [0.15, 0.2) is 18.2 Å². The van der Waals surface area contributed by atoms with Gasteiger partial charge in [-0.15, -0.1) is 0 Å².